The summed E-state index contributed by atoms with van der Waals surface area (Å²) in [5.74, 6) is 0. The Balaban J connectivity index is 2.18. The number of nitrogens with zero attached hydrogens (tertiary/aromatic N) is 1. The molecule has 4 heteroatoms. The van der Waals surface area contributed by atoms with Crippen molar-refractivity contribution in [3.63, 3.8) is 0 Å². The van der Waals surface area contributed by atoms with Crippen LogP contribution in [-0.2, 0) is 0 Å². The number of nitrogens with two attached hydrogens (primary N) is 1. The van der Waals surface area contributed by atoms with Gasteiger partial charge in [-0.2, -0.15) is 0 Å². The van der Waals surface area contributed by atoms with Crippen LogP contribution in [0.15, 0.2) is 24.3 Å². The highest BCUT2D eigenvalue weighted by Crippen LogP contribution is 2.28. The zero-order valence-electron chi connectivity index (χ0n) is 10.7. The van der Waals surface area contributed by atoms with Gasteiger partial charge in [-0.05, 0) is 37.5 Å². The fourth-order valence-electron chi connectivity index (χ4n) is 2.70. The predicted molar refractivity (Wildman–Crippen MR) is 74.7 cm³/mol. The van der Waals surface area contributed by atoms with Crippen LogP contribution in [0, 0.1) is 0 Å². The summed E-state index contributed by atoms with van der Waals surface area (Å²) in [5, 5.41) is 10.3. The smallest absolute Gasteiger partial charge is 0.0564 e. The van der Waals surface area contributed by atoms with Gasteiger partial charge in [0.1, 0.15) is 0 Å². The third kappa shape index (κ3) is 3.23. The Labute approximate surface area is 114 Å². The summed E-state index contributed by atoms with van der Waals surface area (Å²) in [7, 11) is 0. The summed E-state index contributed by atoms with van der Waals surface area (Å²) in [6, 6.07) is 8.12. The van der Waals surface area contributed by atoms with Gasteiger partial charge in [0.2, 0.25) is 0 Å². The normalized spacial score (nSPS) is 21.8. The molecule has 2 atom stereocenters. The first-order valence-electron chi connectivity index (χ1n) is 6.51. The number of piperidine rings is 1. The Hall–Kier alpha value is -0.610. The molecule has 1 aliphatic heterocycles. The number of benzene rings is 1. The molecule has 0 aliphatic carbocycles. The minimum absolute atomic E-state index is 0.0405. The van der Waals surface area contributed by atoms with Gasteiger partial charge in [0.05, 0.1) is 6.10 Å². The standard InChI is InChI=1S/C14H21ClN2O/c1-10(16)14(11-3-2-4-12(15)9-11)17-7-5-13(18)6-8-17/h2-4,9-10,13-14,18H,5-8,16H2,1H3. The molecule has 3 nitrogen and oxygen atoms in total. The average Bonchev–Trinajstić information content (AvgIpc) is 2.32. The molecule has 1 aliphatic rings. The topological polar surface area (TPSA) is 49.5 Å². The third-order valence-corrected chi connectivity index (χ3v) is 3.82. The molecule has 0 bridgehead atoms. The van der Waals surface area contributed by atoms with E-state index in [9.17, 15) is 5.11 Å². The lowest BCUT2D eigenvalue weighted by atomic mass is 9.96. The molecule has 2 unspecified atom stereocenters. The van der Waals surface area contributed by atoms with Gasteiger partial charge < -0.3 is 10.8 Å². The minimum Gasteiger partial charge on any atom is -0.393 e. The Morgan fingerprint density at radius 3 is 2.61 bits per heavy atom. The van der Waals surface area contributed by atoms with Crippen LogP contribution in [-0.4, -0.2) is 35.2 Å². The molecule has 3 N–H and O–H groups in total. The van der Waals surface area contributed by atoms with E-state index in [0.29, 0.717) is 0 Å². The van der Waals surface area contributed by atoms with Gasteiger partial charge in [0.15, 0.2) is 0 Å². The fraction of sp³-hybridized carbons (Fsp3) is 0.571. The molecule has 0 saturated carbocycles. The van der Waals surface area contributed by atoms with Gasteiger partial charge in [-0.1, -0.05) is 23.7 Å². The average molecular weight is 269 g/mol. The monoisotopic (exact) mass is 268 g/mol. The van der Waals surface area contributed by atoms with Crippen LogP contribution in [0.2, 0.25) is 5.02 Å². The number of likely N-dealkylation sites (tertiary alicyclic amines) is 1. The van der Waals surface area contributed by atoms with Gasteiger partial charge in [0.25, 0.3) is 0 Å². The van der Waals surface area contributed by atoms with Crippen LogP contribution in [0.3, 0.4) is 0 Å². The first-order chi connectivity index (χ1) is 8.58. The second-order valence-corrected chi connectivity index (χ2v) is 5.56. The highest BCUT2D eigenvalue weighted by molar-refractivity contribution is 6.30. The zero-order valence-corrected chi connectivity index (χ0v) is 11.5. The second kappa shape index (κ2) is 6.02. The van der Waals surface area contributed by atoms with Crippen molar-refractivity contribution < 1.29 is 5.11 Å². The molecule has 0 amide bonds. The molecule has 0 spiro atoms. The summed E-state index contributed by atoms with van der Waals surface area (Å²) >= 11 is 6.06. The zero-order chi connectivity index (χ0) is 13.1. The molecular weight excluding hydrogens is 248 g/mol. The van der Waals surface area contributed by atoms with Crippen molar-refractivity contribution in [2.75, 3.05) is 13.1 Å². The van der Waals surface area contributed by atoms with E-state index in [0.717, 1.165) is 36.5 Å². The molecule has 1 fully saturated rings. The van der Waals surface area contributed by atoms with Crippen LogP contribution >= 0.6 is 11.6 Å². The maximum Gasteiger partial charge on any atom is 0.0564 e. The molecule has 0 aromatic heterocycles. The van der Waals surface area contributed by atoms with Crippen LogP contribution in [0.5, 0.6) is 0 Å². The molecule has 2 rings (SSSR count). The number of hydrogen-bond donors (Lipinski definition) is 2. The van der Waals surface area contributed by atoms with Gasteiger partial charge in [0, 0.05) is 30.2 Å². The summed E-state index contributed by atoms with van der Waals surface area (Å²) < 4.78 is 0. The van der Waals surface area contributed by atoms with Crippen LogP contribution in [0.25, 0.3) is 0 Å². The largest absolute Gasteiger partial charge is 0.393 e. The van der Waals surface area contributed by atoms with Crippen molar-refractivity contribution in [2.45, 2.75) is 38.0 Å². The Morgan fingerprint density at radius 2 is 2.06 bits per heavy atom. The van der Waals surface area contributed by atoms with E-state index in [-0.39, 0.29) is 18.2 Å². The fourth-order valence-corrected chi connectivity index (χ4v) is 2.90. The first-order valence-corrected chi connectivity index (χ1v) is 6.89. The molecule has 1 saturated heterocycles. The molecule has 18 heavy (non-hydrogen) atoms. The summed E-state index contributed by atoms with van der Waals surface area (Å²) in [6.07, 6.45) is 1.49. The van der Waals surface area contributed by atoms with Gasteiger partial charge in [-0.25, -0.2) is 0 Å². The maximum absolute atomic E-state index is 9.58. The predicted octanol–water partition coefficient (Wildman–Crippen LogP) is 2.19. The Morgan fingerprint density at radius 1 is 1.39 bits per heavy atom. The van der Waals surface area contributed by atoms with Gasteiger partial charge >= 0.3 is 0 Å². The molecule has 1 heterocycles. The van der Waals surface area contributed by atoms with Gasteiger partial charge in [-0.3, -0.25) is 4.90 Å². The molecule has 1 aromatic carbocycles. The number of aliphatic hydroxyl groups is 1. The number of halogens is 1. The van der Waals surface area contributed by atoms with Crippen molar-refractivity contribution in [1.29, 1.82) is 0 Å². The summed E-state index contributed by atoms with van der Waals surface area (Å²) in [4.78, 5) is 2.35. The van der Waals surface area contributed by atoms with Crippen LogP contribution in [0.1, 0.15) is 31.4 Å². The Kier molecular flexibility index (Phi) is 4.62. The third-order valence-electron chi connectivity index (χ3n) is 3.58. The van der Waals surface area contributed by atoms with Crippen molar-refractivity contribution in [1.82, 2.24) is 4.90 Å². The Bertz CT molecular complexity index is 389. The summed E-state index contributed by atoms with van der Waals surface area (Å²) in [5.41, 5.74) is 7.30. The number of rotatable bonds is 3. The first kappa shape index (κ1) is 13.8. The van der Waals surface area contributed by atoms with E-state index >= 15 is 0 Å². The van der Waals surface area contributed by atoms with E-state index in [1.165, 1.54) is 0 Å². The lowest BCUT2D eigenvalue weighted by Gasteiger charge is -2.38. The minimum atomic E-state index is -0.158. The summed E-state index contributed by atoms with van der Waals surface area (Å²) in [6.45, 7) is 3.80. The van der Waals surface area contributed by atoms with Crippen LogP contribution < -0.4 is 5.73 Å². The molecule has 0 radical (unpaired) electrons. The SMILES string of the molecule is CC(N)C(c1cccc(Cl)c1)N1CCC(O)CC1. The van der Waals surface area contributed by atoms with Crippen molar-refractivity contribution in [3.05, 3.63) is 34.9 Å². The molecular formula is C14H21ClN2O. The van der Waals surface area contributed by atoms with Crippen molar-refractivity contribution in [2.24, 2.45) is 5.73 Å². The van der Waals surface area contributed by atoms with E-state index in [1.807, 2.05) is 25.1 Å². The van der Waals surface area contributed by atoms with E-state index in [2.05, 4.69) is 11.0 Å². The molecule has 100 valence electrons. The number of hydrogen-bond acceptors (Lipinski definition) is 3. The quantitative estimate of drug-likeness (QED) is 0.884. The highest BCUT2D eigenvalue weighted by Gasteiger charge is 2.27. The lowest BCUT2D eigenvalue weighted by molar-refractivity contribution is 0.0548. The van der Waals surface area contributed by atoms with Crippen molar-refractivity contribution >= 4 is 11.6 Å². The van der Waals surface area contributed by atoms with E-state index in [1.54, 1.807) is 0 Å². The lowest BCUT2D eigenvalue weighted by Crippen LogP contribution is -2.44. The number of aliphatic hydroxyl groups excluding tert-OH is 1. The van der Waals surface area contributed by atoms with Gasteiger partial charge in [-0.15, -0.1) is 0 Å². The van der Waals surface area contributed by atoms with Crippen LogP contribution in [0.4, 0.5) is 0 Å². The van der Waals surface area contributed by atoms with Crippen molar-refractivity contribution in [3.8, 4) is 0 Å². The molecule has 1 aromatic rings. The van der Waals surface area contributed by atoms with E-state index < -0.39 is 0 Å². The highest BCUT2D eigenvalue weighted by atomic mass is 35.5. The maximum atomic E-state index is 9.58. The van der Waals surface area contributed by atoms with E-state index in [4.69, 9.17) is 17.3 Å². The second-order valence-electron chi connectivity index (χ2n) is 5.13.